The summed E-state index contributed by atoms with van der Waals surface area (Å²) in [6.45, 7) is 2.02. The highest BCUT2D eigenvalue weighted by Crippen LogP contribution is 2.46. The molecule has 2 aliphatic rings. The predicted octanol–water partition coefficient (Wildman–Crippen LogP) is 2.90. The first-order valence-electron chi connectivity index (χ1n) is 5.56. The van der Waals surface area contributed by atoms with Crippen LogP contribution in [0.4, 0.5) is 0 Å². The van der Waals surface area contributed by atoms with Gasteiger partial charge in [0.15, 0.2) is 0 Å². The predicted molar refractivity (Wildman–Crippen MR) is 58.3 cm³/mol. The van der Waals surface area contributed by atoms with Crippen molar-refractivity contribution < 1.29 is 4.74 Å². The average molecular weight is 200 g/mol. The molecule has 2 fully saturated rings. The summed E-state index contributed by atoms with van der Waals surface area (Å²) in [5.74, 6) is 1.97. The van der Waals surface area contributed by atoms with Gasteiger partial charge in [0.25, 0.3) is 0 Å². The molecule has 1 nitrogen and oxygen atoms in total. The van der Waals surface area contributed by atoms with Gasteiger partial charge in [-0.1, -0.05) is 19.3 Å². The minimum Gasteiger partial charge on any atom is -0.380 e. The molecule has 2 heteroatoms. The van der Waals surface area contributed by atoms with Crippen molar-refractivity contribution in [2.45, 2.75) is 38.5 Å². The van der Waals surface area contributed by atoms with E-state index in [1.807, 2.05) is 0 Å². The molecule has 13 heavy (non-hydrogen) atoms. The molecule has 0 aromatic carbocycles. The van der Waals surface area contributed by atoms with Gasteiger partial charge < -0.3 is 4.74 Å². The zero-order valence-corrected chi connectivity index (χ0v) is 9.19. The summed E-state index contributed by atoms with van der Waals surface area (Å²) < 4.78 is 5.41. The lowest BCUT2D eigenvalue weighted by Gasteiger charge is -2.48. The molecule has 0 amide bonds. The second-order valence-corrected chi connectivity index (χ2v) is 5.11. The van der Waals surface area contributed by atoms with Crippen LogP contribution in [0.15, 0.2) is 0 Å². The zero-order chi connectivity index (χ0) is 9.15. The highest BCUT2D eigenvalue weighted by Gasteiger charge is 2.44. The van der Waals surface area contributed by atoms with Crippen LogP contribution in [0.1, 0.15) is 38.5 Å². The van der Waals surface area contributed by atoms with Crippen LogP contribution in [0.5, 0.6) is 0 Å². The summed E-state index contributed by atoms with van der Waals surface area (Å²) in [7, 11) is 0. The Hall–Kier alpha value is 0.310. The van der Waals surface area contributed by atoms with Gasteiger partial charge in [0.1, 0.15) is 0 Å². The van der Waals surface area contributed by atoms with Crippen LogP contribution in [0, 0.1) is 11.3 Å². The summed E-state index contributed by atoms with van der Waals surface area (Å²) in [5.41, 5.74) is 0.544. The van der Waals surface area contributed by atoms with Gasteiger partial charge in [0.05, 0.1) is 13.2 Å². The van der Waals surface area contributed by atoms with Crippen molar-refractivity contribution in [1.82, 2.24) is 0 Å². The van der Waals surface area contributed by atoms with E-state index < -0.39 is 0 Å². The van der Waals surface area contributed by atoms with E-state index in [4.69, 9.17) is 4.74 Å². The SMILES string of the molecule is SCCC1(C2CCCCC2)COC1. The Morgan fingerprint density at radius 1 is 1.15 bits per heavy atom. The van der Waals surface area contributed by atoms with E-state index in [1.165, 1.54) is 38.5 Å². The van der Waals surface area contributed by atoms with Gasteiger partial charge in [-0.25, -0.2) is 0 Å². The normalized spacial score (nSPS) is 28.4. The van der Waals surface area contributed by atoms with Crippen LogP contribution in [0.3, 0.4) is 0 Å². The van der Waals surface area contributed by atoms with Crippen molar-refractivity contribution in [2.24, 2.45) is 11.3 Å². The highest BCUT2D eigenvalue weighted by molar-refractivity contribution is 7.80. The van der Waals surface area contributed by atoms with Crippen LogP contribution < -0.4 is 0 Å². The Balaban J connectivity index is 1.93. The number of ether oxygens (including phenoxy) is 1. The first-order chi connectivity index (χ1) is 6.37. The van der Waals surface area contributed by atoms with E-state index in [0.29, 0.717) is 5.41 Å². The Morgan fingerprint density at radius 2 is 1.85 bits per heavy atom. The van der Waals surface area contributed by atoms with Crippen molar-refractivity contribution in [3.63, 3.8) is 0 Å². The topological polar surface area (TPSA) is 9.23 Å². The van der Waals surface area contributed by atoms with Crippen LogP contribution in [0.2, 0.25) is 0 Å². The maximum absolute atomic E-state index is 5.41. The van der Waals surface area contributed by atoms with Gasteiger partial charge in [0.2, 0.25) is 0 Å². The molecule has 0 unspecified atom stereocenters. The van der Waals surface area contributed by atoms with E-state index >= 15 is 0 Å². The molecule has 0 aromatic heterocycles. The second-order valence-electron chi connectivity index (χ2n) is 4.66. The second kappa shape index (κ2) is 4.22. The smallest absolute Gasteiger partial charge is 0.0547 e. The molecule has 1 saturated heterocycles. The summed E-state index contributed by atoms with van der Waals surface area (Å²) in [6.07, 6.45) is 8.49. The molecule has 0 N–H and O–H groups in total. The number of thiol groups is 1. The minimum absolute atomic E-state index is 0.544. The van der Waals surface area contributed by atoms with Crippen LogP contribution in [0.25, 0.3) is 0 Å². The van der Waals surface area contributed by atoms with Gasteiger partial charge in [-0.2, -0.15) is 12.6 Å². The minimum atomic E-state index is 0.544. The van der Waals surface area contributed by atoms with Crippen molar-refractivity contribution in [3.8, 4) is 0 Å². The first kappa shape index (κ1) is 9.85. The van der Waals surface area contributed by atoms with E-state index in [1.54, 1.807) is 0 Å². The van der Waals surface area contributed by atoms with Gasteiger partial charge in [-0.15, -0.1) is 0 Å². The summed E-state index contributed by atoms with van der Waals surface area (Å²) >= 11 is 4.37. The lowest BCUT2D eigenvalue weighted by molar-refractivity contribution is -0.153. The molecule has 0 aromatic rings. The maximum atomic E-state index is 5.41. The molecule has 1 aliphatic heterocycles. The Labute approximate surface area is 86.6 Å². The van der Waals surface area contributed by atoms with E-state index in [9.17, 15) is 0 Å². The molecular formula is C11H20OS. The number of hydrogen-bond acceptors (Lipinski definition) is 2. The van der Waals surface area contributed by atoms with Crippen molar-refractivity contribution in [2.75, 3.05) is 19.0 Å². The monoisotopic (exact) mass is 200 g/mol. The molecular weight excluding hydrogens is 180 g/mol. The van der Waals surface area contributed by atoms with Crippen molar-refractivity contribution in [1.29, 1.82) is 0 Å². The summed E-state index contributed by atoms with van der Waals surface area (Å²) in [4.78, 5) is 0. The van der Waals surface area contributed by atoms with E-state index in [-0.39, 0.29) is 0 Å². The van der Waals surface area contributed by atoms with Gasteiger partial charge in [-0.05, 0) is 30.9 Å². The molecule has 1 aliphatic carbocycles. The quantitative estimate of drug-likeness (QED) is 0.689. The maximum Gasteiger partial charge on any atom is 0.0547 e. The van der Waals surface area contributed by atoms with Gasteiger partial charge in [-0.3, -0.25) is 0 Å². The fourth-order valence-electron chi connectivity index (χ4n) is 2.89. The van der Waals surface area contributed by atoms with Gasteiger partial charge in [0, 0.05) is 5.41 Å². The fraction of sp³-hybridized carbons (Fsp3) is 1.00. The largest absolute Gasteiger partial charge is 0.380 e. The Morgan fingerprint density at radius 3 is 2.31 bits per heavy atom. The zero-order valence-electron chi connectivity index (χ0n) is 8.30. The molecule has 1 heterocycles. The number of hydrogen-bond donors (Lipinski definition) is 1. The van der Waals surface area contributed by atoms with E-state index in [2.05, 4.69) is 12.6 Å². The molecule has 0 atom stereocenters. The third kappa shape index (κ3) is 1.89. The van der Waals surface area contributed by atoms with Crippen LogP contribution in [-0.2, 0) is 4.74 Å². The van der Waals surface area contributed by atoms with E-state index in [0.717, 1.165) is 24.9 Å². The molecule has 1 saturated carbocycles. The third-order valence-corrected chi connectivity index (χ3v) is 4.08. The molecule has 76 valence electrons. The summed E-state index contributed by atoms with van der Waals surface area (Å²) in [5, 5.41) is 0. The van der Waals surface area contributed by atoms with Crippen LogP contribution in [-0.4, -0.2) is 19.0 Å². The highest BCUT2D eigenvalue weighted by atomic mass is 32.1. The van der Waals surface area contributed by atoms with Crippen molar-refractivity contribution in [3.05, 3.63) is 0 Å². The third-order valence-electron chi connectivity index (χ3n) is 3.86. The van der Waals surface area contributed by atoms with Gasteiger partial charge >= 0.3 is 0 Å². The molecule has 0 spiro atoms. The molecule has 2 rings (SSSR count). The lowest BCUT2D eigenvalue weighted by Crippen LogP contribution is -2.49. The Bertz CT molecular complexity index is 159. The summed E-state index contributed by atoms with van der Waals surface area (Å²) in [6, 6.07) is 0. The first-order valence-corrected chi connectivity index (χ1v) is 6.19. The Kier molecular flexibility index (Phi) is 3.20. The molecule has 0 bridgehead atoms. The average Bonchev–Trinajstić information content (AvgIpc) is 2.13. The standard InChI is InChI=1S/C11H20OS/c13-7-6-11(8-12-9-11)10-4-2-1-3-5-10/h10,13H,1-9H2. The van der Waals surface area contributed by atoms with Crippen molar-refractivity contribution >= 4 is 12.6 Å². The van der Waals surface area contributed by atoms with Crippen LogP contribution >= 0.6 is 12.6 Å². The number of rotatable bonds is 3. The molecule has 0 radical (unpaired) electrons. The fourth-order valence-corrected chi connectivity index (χ4v) is 3.33. The lowest BCUT2D eigenvalue weighted by atomic mass is 9.66.